The van der Waals surface area contributed by atoms with E-state index in [-0.39, 0.29) is 18.1 Å². The standard InChI is InChI=1S/C23H19FN2O5/c1-2-30-23(29)16-7-11-18(12-8-16)25-21(27)19(14-15-5-9-17(24)10-6-15)26-22(28)20-4-3-13-31-20/h3-14H,2H2,1H3,(H,25,27)(H,26,28)/b19-14+. The van der Waals surface area contributed by atoms with Gasteiger partial charge in [-0.3, -0.25) is 9.59 Å². The number of benzene rings is 2. The van der Waals surface area contributed by atoms with Crippen LogP contribution in [0, 0.1) is 5.82 Å². The molecule has 158 valence electrons. The van der Waals surface area contributed by atoms with Crippen LogP contribution in [-0.2, 0) is 9.53 Å². The van der Waals surface area contributed by atoms with Crippen molar-refractivity contribution in [3.63, 3.8) is 0 Å². The van der Waals surface area contributed by atoms with E-state index in [2.05, 4.69) is 10.6 Å². The number of esters is 1. The maximum absolute atomic E-state index is 13.2. The number of anilines is 1. The minimum absolute atomic E-state index is 0.0246. The van der Waals surface area contributed by atoms with Gasteiger partial charge in [0.2, 0.25) is 0 Å². The molecular formula is C23H19FN2O5. The lowest BCUT2D eigenvalue weighted by molar-refractivity contribution is -0.113. The van der Waals surface area contributed by atoms with Crippen LogP contribution in [0.1, 0.15) is 33.4 Å². The van der Waals surface area contributed by atoms with Crippen LogP contribution in [0.5, 0.6) is 0 Å². The first-order chi connectivity index (χ1) is 15.0. The van der Waals surface area contributed by atoms with Gasteiger partial charge in [0, 0.05) is 5.69 Å². The monoisotopic (exact) mass is 422 g/mol. The van der Waals surface area contributed by atoms with Gasteiger partial charge < -0.3 is 19.8 Å². The number of hydrogen-bond donors (Lipinski definition) is 2. The number of ether oxygens (including phenoxy) is 1. The van der Waals surface area contributed by atoms with Crippen molar-refractivity contribution >= 4 is 29.5 Å². The Hall–Kier alpha value is -4.20. The zero-order chi connectivity index (χ0) is 22.2. The number of rotatable bonds is 7. The maximum atomic E-state index is 13.2. The van der Waals surface area contributed by atoms with E-state index in [4.69, 9.17) is 9.15 Å². The van der Waals surface area contributed by atoms with Crippen LogP contribution < -0.4 is 10.6 Å². The molecule has 1 aromatic heterocycles. The van der Waals surface area contributed by atoms with Gasteiger partial charge in [-0.25, -0.2) is 9.18 Å². The Bertz CT molecular complexity index is 1090. The van der Waals surface area contributed by atoms with E-state index in [0.29, 0.717) is 16.8 Å². The van der Waals surface area contributed by atoms with Crippen LogP contribution in [-0.4, -0.2) is 24.4 Å². The van der Waals surface area contributed by atoms with Crippen LogP contribution >= 0.6 is 0 Å². The van der Waals surface area contributed by atoms with Gasteiger partial charge in [-0.05, 0) is 67.1 Å². The predicted octanol–water partition coefficient (Wildman–Crippen LogP) is 4.01. The number of hydrogen-bond acceptors (Lipinski definition) is 5. The molecule has 2 amide bonds. The lowest BCUT2D eigenvalue weighted by Crippen LogP contribution is -2.30. The van der Waals surface area contributed by atoms with E-state index in [9.17, 15) is 18.8 Å². The van der Waals surface area contributed by atoms with E-state index in [1.807, 2.05) is 0 Å². The zero-order valence-electron chi connectivity index (χ0n) is 16.6. The smallest absolute Gasteiger partial charge is 0.338 e. The summed E-state index contributed by atoms with van der Waals surface area (Å²) < 4.78 is 23.2. The maximum Gasteiger partial charge on any atom is 0.338 e. The summed E-state index contributed by atoms with van der Waals surface area (Å²) in [6.45, 7) is 1.96. The van der Waals surface area contributed by atoms with Crippen LogP contribution in [0.3, 0.4) is 0 Å². The molecule has 0 saturated carbocycles. The van der Waals surface area contributed by atoms with Gasteiger partial charge in [0.25, 0.3) is 11.8 Å². The number of carbonyl (C=O) groups excluding carboxylic acids is 3. The van der Waals surface area contributed by atoms with Crippen molar-refractivity contribution in [3.05, 3.63) is 95.3 Å². The summed E-state index contributed by atoms with van der Waals surface area (Å²) in [5, 5.41) is 5.14. The molecule has 2 aromatic carbocycles. The Labute approximate surface area is 177 Å². The summed E-state index contributed by atoms with van der Waals surface area (Å²) in [5.41, 5.74) is 1.16. The van der Waals surface area contributed by atoms with Gasteiger partial charge in [-0.2, -0.15) is 0 Å². The van der Waals surface area contributed by atoms with Gasteiger partial charge in [-0.15, -0.1) is 0 Å². The van der Waals surface area contributed by atoms with E-state index >= 15 is 0 Å². The Morgan fingerprint density at radius 3 is 2.35 bits per heavy atom. The van der Waals surface area contributed by atoms with E-state index < -0.39 is 23.6 Å². The van der Waals surface area contributed by atoms with Gasteiger partial charge in [0.05, 0.1) is 18.4 Å². The summed E-state index contributed by atoms with van der Waals surface area (Å²) in [4.78, 5) is 36.9. The fourth-order valence-electron chi connectivity index (χ4n) is 2.58. The molecule has 0 spiro atoms. The van der Waals surface area contributed by atoms with Gasteiger partial charge in [0.1, 0.15) is 11.5 Å². The third kappa shape index (κ3) is 5.89. The molecule has 2 N–H and O–H groups in total. The van der Waals surface area contributed by atoms with E-state index in [1.54, 1.807) is 13.0 Å². The Balaban J connectivity index is 1.80. The molecule has 0 atom stereocenters. The first-order valence-corrected chi connectivity index (χ1v) is 9.37. The normalized spacial score (nSPS) is 11.0. The van der Waals surface area contributed by atoms with Crippen molar-refractivity contribution in [1.29, 1.82) is 0 Å². The second-order valence-corrected chi connectivity index (χ2v) is 6.29. The minimum Gasteiger partial charge on any atom is -0.462 e. The molecule has 31 heavy (non-hydrogen) atoms. The summed E-state index contributed by atoms with van der Waals surface area (Å²) in [7, 11) is 0. The molecule has 0 aliphatic rings. The highest BCUT2D eigenvalue weighted by molar-refractivity contribution is 6.10. The summed E-state index contributed by atoms with van der Waals surface area (Å²) in [6.07, 6.45) is 2.74. The second-order valence-electron chi connectivity index (χ2n) is 6.29. The van der Waals surface area contributed by atoms with Crippen LogP contribution in [0.2, 0.25) is 0 Å². The average Bonchev–Trinajstić information content (AvgIpc) is 3.30. The number of nitrogens with one attached hydrogen (secondary N) is 2. The lowest BCUT2D eigenvalue weighted by atomic mass is 10.1. The Morgan fingerprint density at radius 2 is 1.74 bits per heavy atom. The van der Waals surface area contributed by atoms with Gasteiger partial charge in [-0.1, -0.05) is 12.1 Å². The summed E-state index contributed by atoms with van der Waals surface area (Å²) in [5.74, 6) is -2.11. The number of halogens is 1. The van der Waals surface area contributed by atoms with E-state index in [1.165, 1.54) is 66.9 Å². The summed E-state index contributed by atoms with van der Waals surface area (Å²) in [6, 6.07) is 14.5. The quantitative estimate of drug-likeness (QED) is 0.443. The molecular weight excluding hydrogens is 403 g/mol. The topological polar surface area (TPSA) is 97.6 Å². The molecule has 3 aromatic rings. The highest BCUT2D eigenvalue weighted by Gasteiger charge is 2.17. The third-order valence-electron chi connectivity index (χ3n) is 4.07. The second kappa shape index (κ2) is 10.0. The molecule has 1 heterocycles. The van der Waals surface area contributed by atoms with Crippen LogP contribution in [0.15, 0.2) is 77.0 Å². The Kier molecular flexibility index (Phi) is 6.95. The fourth-order valence-corrected chi connectivity index (χ4v) is 2.58. The van der Waals surface area contributed by atoms with Crippen molar-refractivity contribution in [1.82, 2.24) is 5.32 Å². The molecule has 0 aliphatic heterocycles. The molecule has 0 radical (unpaired) electrons. The van der Waals surface area contributed by atoms with Crippen molar-refractivity contribution in [2.24, 2.45) is 0 Å². The molecule has 7 nitrogen and oxygen atoms in total. The minimum atomic E-state index is -0.619. The number of furan rings is 1. The first kappa shape index (κ1) is 21.5. The zero-order valence-corrected chi connectivity index (χ0v) is 16.6. The van der Waals surface area contributed by atoms with Gasteiger partial charge in [0.15, 0.2) is 5.76 Å². The highest BCUT2D eigenvalue weighted by atomic mass is 19.1. The third-order valence-corrected chi connectivity index (χ3v) is 4.07. The van der Waals surface area contributed by atoms with Crippen molar-refractivity contribution in [3.8, 4) is 0 Å². The Morgan fingerprint density at radius 1 is 1.03 bits per heavy atom. The largest absolute Gasteiger partial charge is 0.462 e. The molecule has 0 bridgehead atoms. The van der Waals surface area contributed by atoms with Crippen molar-refractivity contribution in [2.75, 3.05) is 11.9 Å². The average molecular weight is 422 g/mol. The number of amides is 2. The fraction of sp³-hybridized carbons (Fsp3) is 0.0870. The molecule has 0 saturated heterocycles. The summed E-state index contributed by atoms with van der Waals surface area (Å²) >= 11 is 0. The molecule has 0 aliphatic carbocycles. The molecule has 0 unspecified atom stereocenters. The molecule has 3 rings (SSSR count). The number of carbonyl (C=O) groups is 3. The highest BCUT2D eigenvalue weighted by Crippen LogP contribution is 2.14. The van der Waals surface area contributed by atoms with E-state index in [0.717, 1.165) is 0 Å². The molecule has 0 fully saturated rings. The van der Waals surface area contributed by atoms with Gasteiger partial charge >= 0.3 is 5.97 Å². The van der Waals surface area contributed by atoms with Crippen LogP contribution in [0.25, 0.3) is 6.08 Å². The van der Waals surface area contributed by atoms with Crippen LogP contribution in [0.4, 0.5) is 10.1 Å². The first-order valence-electron chi connectivity index (χ1n) is 9.37. The van der Waals surface area contributed by atoms with Crippen molar-refractivity contribution < 1.29 is 27.9 Å². The predicted molar refractivity (Wildman–Crippen MR) is 112 cm³/mol. The SMILES string of the molecule is CCOC(=O)c1ccc(NC(=O)/C(=C\c2ccc(F)cc2)NC(=O)c2ccco2)cc1. The van der Waals surface area contributed by atoms with Crippen molar-refractivity contribution in [2.45, 2.75) is 6.92 Å². The molecule has 8 heteroatoms. The lowest BCUT2D eigenvalue weighted by Gasteiger charge is -2.11.